The third-order valence-electron chi connectivity index (χ3n) is 3.39. The molecule has 1 aliphatic heterocycles. The molecule has 4 heteroatoms. The number of hydrogen-bond acceptors (Lipinski definition) is 3. The first-order chi connectivity index (χ1) is 8.89. The van der Waals surface area contributed by atoms with Crippen molar-refractivity contribution in [3.05, 3.63) is 58.9 Å². The summed E-state index contributed by atoms with van der Waals surface area (Å²) in [5.41, 5.74) is 1.84. The molecule has 1 heterocycles. The molecule has 0 saturated heterocycles. The van der Waals surface area contributed by atoms with Crippen LogP contribution in [0, 0.1) is 5.92 Å². The second-order valence-corrected chi connectivity index (χ2v) is 5.80. The van der Waals surface area contributed by atoms with Crippen LogP contribution in [0.2, 0.25) is 0 Å². The van der Waals surface area contributed by atoms with Crippen LogP contribution in [-0.2, 0) is 10.2 Å². The third kappa shape index (κ3) is 2.44. The summed E-state index contributed by atoms with van der Waals surface area (Å²) >= 11 is 0. The van der Waals surface area contributed by atoms with Crippen molar-refractivity contribution < 1.29 is 66.0 Å². The van der Waals surface area contributed by atoms with Crippen LogP contribution in [0.5, 0.6) is 5.75 Å². The minimum Gasteiger partial charge on any atom is -0.868 e. The van der Waals surface area contributed by atoms with E-state index < -0.39 is 11.5 Å². The molecule has 0 spiro atoms. The Kier molecular flexibility index (Phi) is 4.34. The maximum atomic E-state index is 11.9. The first-order valence-electron chi connectivity index (χ1n) is 6.22. The van der Waals surface area contributed by atoms with Crippen LogP contribution in [0.3, 0.4) is 0 Å². The van der Waals surface area contributed by atoms with Crippen LogP contribution in [0.4, 0.5) is 0 Å². The molecule has 3 nitrogen and oxygen atoms in total. The third-order valence-corrected chi connectivity index (χ3v) is 3.39. The van der Waals surface area contributed by atoms with Crippen molar-refractivity contribution in [1.82, 2.24) is 0 Å². The van der Waals surface area contributed by atoms with Crippen molar-refractivity contribution in [2.24, 2.45) is 0 Å². The second kappa shape index (κ2) is 5.42. The van der Waals surface area contributed by atoms with Gasteiger partial charge in [-0.3, -0.25) is 4.79 Å². The quantitative estimate of drug-likeness (QED) is 0.577. The van der Waals surface area contributed by atoms with Gasteiger partial charge >= 0.3 is 51.4 Å². The van der Waals surface area contributed by atoms with E-state index in [2.05, 4.69) is 20.8 Å². The van der Waals surface area contributed by atoms with Crippen molar-refractivity contribution in [2.75, 3.05) is 0 Å². The molecule has 0 bridgehead atoms. The van der Waals surface area contributed by atoms with Gasteiger partial charge in [-0.15, -0.1) is 0 Å². The molecule has 0 amide bonds. The fourth-order valence-corrected chi connectivity index (χ4v) is 2.41. The molecule has 0 atom stereocenters. The predicted molar refractivity (Wildman–Crippen MR) is 69.3 cm³/mol. The van der Waals surface area contributed by atoms with Gasteiger partial charge in [-0.2, -0.15) is 0 Å². The standard InChI is InChI=1S/C16H15O3.K/c1-16(2,3)11-6-4-5-9-10-7-8-12(17)13(18)15(10)19-14(9)11;/h4-8,18H,1-3H3;/q;+1/p-1. The summed E-state index contributed by atoms with van der Waals surface area (Å²) in [5, 5.41) is 11.9. The molecule has 20 heavy (non-hydrogen) atoms. The molecule has 3 rings (SSSR count). The van der Waals surface area contributed by atoms with Gasteiger partial charge < -0.3 is 9.84 Å². The van der Waals surface area contributed by atoms with E-state index in [-0.39, 0.29) is 62.6 Å². The maximum Gasteiger partial charge on any atom is 1.00 e. The minimum absolute atomic E-state index is 0. The zero-order valence-corrected chi connectivity index (χ0v) is 15.2. The normalized spacial score (nSPS) is 17.4. The number of ketones is 1. The molecule has 0 aromatic heterocycles. The van der Waals surface area contributed by atoms with E-state index in [0.717, 1.165) is 11.1 Å². The summed E-state index contributed by atoms with van der Waals surface area (Å²) in [5.74, 6) is 0.495. The number of allylic oxidation sites excluding steroid dienone is 2. The smallest absolute Gasteiger partial charge is 0.868 e. The summed E-state index contributed by atoms with van der Waals surface area (Å²) in [7, 11) is 0. The molecule has 97 valence electrons. The van der Waals surface area contributed by atoms with Crippen molar-refractivity contribution in [2.45, 2.75) is 26.2 Å². The Balaban J connectivity index is 0.00000147. The van der Waals surface area contributed by atoms with Crippen LogP contribution < -0.4 is 61.2 Å². The van der Waals surface area contributed by atoms with Gasteiger partial charge in [0.1, 0.15) is 11.5 Å². The number of rotatable bonds is 0. The van der Waals surface area contributed by atoms with Crippen LogP contribution in [-0.4, -0.2) is 5.78 Å². The molecule has 1 aromatic carbocycles. The maximum absolute atomic E-state index is 11.9. The van der Waals surface area contributed by atoms with E-state index >= 15 is 0 Å². The molecule has 0 unspecified atom stereocenters. The largest absolute Gasteiger partial charge is 1.00 e. The Labute approximate surface area is 161 Å². The molecule has 1 radical (unpaired) electrons. The Morgan fingerprint density at radius 2 is 1.85 bits per heavy atom. The average Bonchev–Trinajstić information content (AvgIpc) is 2.71. The zero-order chi connectivity index (χ0) is 13.8. The molecule has 0 fully saturated rings. The van der Waals surface area contributed by atoms with E-state index in [0.29, 0.717) is 11.7 Å². The Morgan fingerprint density at radius 1 is 1.15 bits per heavy atom. The van der Waals surface area contributed by atoms with Crippen molar-refractivity contribution in [1.29, 1.82) is 0 Å². The zero-order valence-electron chi connectivity index (χ0n) is 12.1. The van der Waals surface area contributed by atoms with Gasteiger partial charge in [-0.25, -0.2) is 0 Å². The Bertz CT molecular complexity index is 636. The van der Waals surface area contributed by atoms with Gasteiger partial charge in [0.2, 0.25) is 0 Å². The van der Waals surface area contributed by atoms with Gasteiger partial charge in [0.25, 0.3) is 0 Å². The number of ether oxygens (including phenoxy) is 1. The Hall–Kier alpha value is -0.394. The number of carbonyl (C=O) groups is 1. The van der Waals surface area contributed by atoms with Crippen LogP contribution in [0.25, 0.3) is 0 Å². The van der Waals surface area contributed by atoms with Crippen molar-refractivity contribution in [3.63, 3.8) is 0 Å². The summed E-state index contributed by atoms with van der Waals surface area (Å²) in [4.78, 5) is 11.4. The van der Waals surface area contributed by atoms with Gasteiger partial charge in [-0.1, -0.05) is 45.0 Å². The number of carbonyl (C=O) groups excluding carboxylic acids is 1. The van der Waals surface area contributed by atoms with E-state index in [1.165, 1.54) is 6.08 Å². The van der Waals surface area contributed by atoms with Crippen LogP contribution >= 0.6 is 0 Å². The molecule has 1 aliphatic carbocycles. The minimum atomic E-state index is -0.562. The van der Waals surface area contributed by atoms with Crippen molar-refractivity contribution in [3.8, 4) is 5.75 Å². The Morgan fingerprint density at radius 3 is 2.50 bits per heavy atom. The average molecular weight is 293 g/mol. The van der Waals surface area contributed by atoms with E-state index in [4.69, 9.17) is 4.74 Å². The van der Waals surface area contributed by atoms with E-state index in [9.17, 15) is 9.90 Å². The summed E-state index contributed by atoms with van der Waals surface area (Å²) in [6.07, 6.45) is 2.97. The van der Waals surface area contributed by atoms with Crippen LogP contribution in [0.15, 0.2) is 41.9 Å². The fraction of sp³-hybridized carbons (Fsp3) is 0.250. The van der Waals surface area contributed by atoms with E-state index in [1.807, 2.05) is 18.2 Å². The number of fused-ring (bicyclic) bond motifs is 3. The summed E-state index contributed by atoms with van der Waals surface area (Å²) < 4.78 is 5.71. The molecule has 0 N–H and O–H groups in total. The summed E-state index contributed by atoms with van der Waals surface area (Å²) in [6, 6.07) is 5.86. The number of hydrogen-bond donors (Lipinski definition) is 0. The molecule has 2 aliphatic rings. The van der Waals surface area contributed by atoms with Crippen LogP contribution in [0.1, 0.15) is 31.9 Å². The van der Waals surface area contributed by atoms with Gasteiger partial charge in [0.05, 0.1) is 5.92 Å². The molecular weight excluding hydrogens is 279 g/mol. The first-order valence-corrected chi connectivity index (χ1v) is 6.22. The first kappa shape index (κ1) is 16.0. The SMILES string of the molecule is CC(C)(C)c1cccc2c1OC1=C([O-])C(=O)C=C[C]12.[K+]. The van der Waals surface area contributed by atoms with Gasteiger partial charge in [0.15, 0.2) is 5.78 Å². The van der Waals surface area contributed by atoms with E-state index in [1.54, 1.807) is 6.08 Å². The predicted octanol–water partition coefficient (Wildman–Crippen LogP) is -0.986. The van der Waals surface area contributed by atoms with Crippen molar-refractivity contribution >= 4 is 5.78 Å². The number of benzene rings is 1. The monoisotopic (exact) mass is 293 g/mol. The second-order valence-electron chi connectivity index (χ2n) is 5.80. The topological polar surface area (TPSA) is 49.4 Å². The molecular formula is C16H14KO3. The fourth-order valence-electron chi connectivity index (χ4n) is 2.41. The summed E-state index contributed by atoms with van der Waals surface area (Å²) in [6.45, 7) is 6.27. The van der Waals surface area contributed by atoms with Gasteiger partial charge in [-0.05, 0) is 17.3 Å². The molecule has 1 aromatic rings. The number of para-hydroxylation sites is 1. The molecule has 0 saturated carbocycles. The van der Waals surface area contributed by atoms with Gasteiger partial charge in [0, 0.05) is 11.1 Å².